The summed E-state index contributed by atoms with van der Waals surface area (Å²) in [6, 6.07) is 5.48. The van der Waals surface area contributed by atoms with Gasteiger partial charge in [0.25, 0.3) is 0 Å². The third-order valence-electron chi connectivity index (χ3n) is 4.01. The number of benzene rings is 1. The molecule has 1 aromatic carbocycles. The van der Waals surface area contributed by atoms with Gasteiger partial charge in [0.2, 0.25) is 0 Å². The number of hydrogen-bond donors (Lipinski definition) is 1. The third-order valence-corrected chi connectivity index (χ3v) is 4.75. The normalized spacial score (nSPS) is 14.7. The van der Waals surface area contributed by atoms with Gasteiger partial charge in [-0.05, 0) is 44.4 Å². The van der Waals surface area contributed by atoms with Gasteiger partial charge in [0, 0.05) is 28.3 Å². The minimum Gasteiger partial charge on any atom is -0.310 e. The average Bonchev–Trinajstić information content (AvgIpc) is 3.20. The van der Waals surface area contributed by atoms with Gasteiger partial charge in [0.05, 0.1) is 12.2 Å². The molecule has 0 saturated heterocycles. The van der Waals surface area contributed by atoms with Gasteiger partial charge < -0.3 is 5.32 Å². The van der Waals surface area contributed by atoms with Gasteiger partial charge >= 0.3 is 0 Å². The first-order valence-corrected chi connectivity index (χ1v) is 8.04. The molecule has 0 spiro atoms. The second-order valence-corrected chi connectivity index (χ2v) is 6.55. The minimum absolute atomic E-state index is 0.228. The Morgan fingerprint density at radius 3 is 2.81 bits per heavy atom. The second kappa shape index (κ2) is 5.89. The fourth-order valence-corrected chi connectivity index (χ4v) is 2.97. The summed E-state index contributed by atoms with van der Waals surface area (Å²) in [6.45, 7) is 5.68. The molecule has 3 rings (SSSR count). The van der Waals surface area contributed by atoms with Crippen molar-refractivity contribution < 1.29 is 4.39 Å². The molecule has 21 heavy (non-hydrogen) atoms. The third kappa shape index (κ3) is 3.35. The number of hydrogen-bond acceptors (Lipinski definition) is 2. The molecule has 1 aromatic heterocycles. The maximum Gasteiger partial charge on any atom is 0.124 e. The van der Waals surface area contributed by atoms with E-state index in [1.54, 1.807) is 6.07 Å². The monoisotopic (exact) mass is 351 g/mol. The zero-order valence-electron chi connectivity index (χ0n) is 12.3. The molecule has 2 aromatic rings. The molecule has 1 fully saturated rings. The molecule has 0 radical (unpaired) electrons. The van der Waals surface area contributed by atoms with Crippen LogP contribution in [0.2, 0.25) is 0 Å². The van der Waals surface area contributed by atoms with Crippen LogP contribution < -0.4 is 5.32 Å². The van der Waals surface area contributed by atoms with Crippen molar-refractivity contribution in [3.8, 4) is 0 Å². The molecule has 3 nitrogen and oxygen atoms in total. The molecule has 1 aliphatic carbocycles. The number of nitrogens with zero attached hydrogens (tertiary/aromatic N) is 2. The van der Waals surface area contributed by atoms with Crippen molar-refractivity contribution in [3.63, 3.8) is 0 Å². The Balaban J connectivity index is 1.79. The molecule has 0 amide bonds. The highest BCUT2D eigenvalue weighted by Gasteiger charge is 2.21. The summed E-state index contributed by atoms with van der Waals surface area (Å²) in [5.74, 6) is -0.228. The van der Waals surface area contributed by atoms with Crippen molar-refractivity contribution in [3.05, 3.63) is 51.0 Å². The smallest absolute Gasteiger partial charge is 0.124 e. The molecule has 0 aliphatic heterocycles. The second-order valence-electron chi connectivity index (χ2n) is 5.70. The van der Waals surface area contributed by atoms with Gasteiger partial charge in [-0.3, -0.25) is 4.68 Å². The number of rotatable bonds is 5. The van der Waals surface area contributed by atoms with Gasteiger partial charge in [0.15, 0.2) is 0 Å². The molecule has 0 unspecified atom stereocenters. The van der Waals surface area contributed by atoms with Gasteiger partial charge in [-0.25, -0.2) is 4.39 Å². The van der Waals surface area contributed by atoms with Gasteiger partial charge in [-0.15, -0.1) is 0 Å². The lowest BCUT2D eigenvalue weighted by Crippen LogP contribution is -2.16. The first-order valence-electron chi connectivity index (χ1n) is 7.25. The Labute approximate surface area is 132 Å². The van der Waals surface area contributed by atoms with Crippen molar-refractivity contribution in [2.45, 2.75) is 45.8 Å². The van der Waals surface area contributed by atoms with Crippen LogP contribution in [0.25, 0.3) is 0 Å². The lowest BCUT2D eigenvalue weighted by atomic mass is 10.2. The standard InChI is InChI=1S/C16H19BrFN3/c1-10-15(8-19-14-5-6-14)11(2)21(20-10)9-12-3-4-13(18)7-16(12)17/h3-4,7,14,19H,5-6,8-9H2,1-2H3. The van der Waals surface area contributed by atoms with E-state index < -0.39 is 0 Å². The van der Waals surface area contributed by atoms with Crippen molar-refractivity contribution >= 4 is 15.9 Å². The molecular weight excluding hydrogens is 333 g/mol. The van der Waals surface area contributed by atoms with E-state index in [0.29, 0.717) is 12.6 Å². The lowest BCUT2D eigenvalue weighted by Gasteiger charge is -2.08. The van der Waals surface area contributed by atoms with Crippen molar-refractivity contribution in [1.82, 2.24) is 15.1 Å². The van der Waals surface area contributed by atoms with Crippen LogP contribution in [0.3, 0.4) is 0 Å². The molecule has 1 heterocycles. The van der Waals surface area contributed by atoms with Crippen molar-refractivity contribution in [2.24, 2.45) is 0 Å². The highest BCUT2D eigenvalue weighted by atomic mass is 79.9. The van der Waals surface area contributed by atoms with E-state index in [4.69, 9.17) is 0 Å². The van der Waals surface area contributed by atoms with Crippen LogP contribution in [0.4, 0.5) is 4.39 Å². The predicted molar refractivity (Wildman–Crippen MR) is 84.8 cm³/mol. The number of aromatic nitrogens is 2. The van der Waals surface area contributed by atoms with E-state index in [1.807, 2.05) is 11.6 Å². The zero-order valence-corrected chi connectivity index (χ0v) is 13.9. The highest BCUT2D eigenvalue weighted by Crippen LogP contribution is 2.23. The Morgan fingerprint density at radius 2 is 2.14 bits per heavy atom. The Kier molecular flexibility index (Phi) is 4.13. The largest absolute Gasteiger partial charge is 0.310 e. The van der Waals surface area contributed by atoms with Crippen LogP contribution in [0.5, 0.6) is 0 Å². The summed E-state index contributed by atoms with van der Waals surface area (Å²) in [6.07, 6.45) is 2.57. The summed E-state index contributed by atoms with van der Waals surface area (Å²) in [5.41, 5.74) is 4.56. The SMILES string of the molecule is Cc1nn(Cc2ccc(F)cc2Br)c(C)c1CNC1CC1. The van der Waals surface area contributed by atoms with Gasteiger partial charge in [0.1, 0.15) is 5.82 Å². The minimum atomic E-state index is -0.228. The molecule has 1 N–H and O–H groups in total. The number of aryl methyl sites for hydroxylation is 1. The summed E-state index contributed by atoms with van der Waals surface area (Å²) in [4.78, 5) is 0. The summed E-state index contributed by atoms with van der Waals surface area (Å²) in [5, 5.41) is 8.17. The van der Waals surface area contributed by atoms with Crippen LogP contribution in [-0.2, 0) is 13.1 Å². The van der Waals surface area contributed by atoms with E-state index in [0.717, 1.165) is 22.3 Å². The van der Waals surface area contributed by atoms with Crippen LogP contribution in [0.1, 0.15) is 35.4 Å². The van der Waals surface area contributed by atoms with E-state index in [1.165, 1.54) is 36.2 Å². The molecule has 1 saturated carbocycles. The number of nitrogens with one attached hydrogen (secondary N) is 1. The average molecular weight is 352 g/mol. The van der Waals surface area contributed by atoms with Crippen molar-refractivity contribution in [2.75, 3.05) is 0 Å². The molecular formula is C16H19BrFN3. The Morgan fingerprint density at radius 1 is 1.38 bits per heavy atom. The molecule has 0 bridgehead atoms. The van der Waals surface area contributed by atoms with E-state index in [9.17, 15) is 4.39 Å². The molecule has 5 heteroatoms. The van der Waals surface area contributed by atoms with Crippen LogP contribution in [0, 0.1) is 19.7 Å². The van der Waals surface area contributed by atoms with Crippen molar-refractivity contribution in [1.29, 1.82) is 0 Å². The quantitative estimate of drug-likeness (QED) is 0.889. The van der Waals surface area contributed by atoms with E-state index in [2.05, 4.69) is 33.3 Å². The lowest BCUT2D eigenvalue weighted by molar-refractivity contribution is 0.620. The molecule has 112 valence electrons. The van der Waals surface area contributed by atoms with E-state index >= 15 is 0 Å². The van der Waals surface area contributed by atoms with Crippen LogP contribution in [0.15, 0.2) is 22.7 Å². The Hall–Kier alpha value is -1.20. The molecule has 0 atom stereocenters. The van der Waals surface area contributed by atoms with Gasteiger partial charge in [-0.1, -0.05) is 22.0 Å². The van der Waals surface area contributed by atoms with Gasteiger partial charge in [-0.2, -0.15) is 5.10 Å². The first-order chi connectivity index (χ1) is 10.0. The summed E-state index contributed by atoms with van der Waals surface area (Å²) < 4.78 is 15.9. The predicted octanol–water partition coefficient (Wildman–Crippen LogP) is 3.70. The van der Waals surface area contributed by atoms with E-state index in [-0.39, 0.29) is 5.82 Å². The summed E-state index contributed by atoms with van der Waals surface area (Å²) in [7, 11) is 0. The van der Waals surface area contributed by atoms with Crippen LogP contribution in [-0.4, -0.2) is 15.8 Å². The van der Waals surface area contributed by atoms with Crippen LogP contribution >= 0.6 is 15.9 Å². The fraction of sp³-hybridized carbons (Fsp3) is 0.438. The number of halogens is 2. The Bertz CT molecular complexity index is 662. The zero-order chi connectivity index (χ0) is 15.0. The topological polar surface area (TPSA) is 29.9 Å². The maximum absolute atomic E-state index is 13.2. The fourth-order valence-electron chi connectivity index (χ4n) is 2.49. The first kappa shape index (κ1) is 14.7. The summed E-state index contributed by atoms with van der Waals surface area (Å²) >= 11 is 3.42. The maximum atomic E-state index is 13.2. The highest BCUT2D eigenvalue weighted by molar-refractivity contribution is 9.10. The molecule has 1 aliphatic rings.